The highest BCUT2D eigenvalue weighted by Crippen LogP contribution is 2.37. The summed E-state index contributed by atoms with van der Waals surface area (Å²) in [7, 11) is 0. The molecule has 0 radical (unpaired) electrons. The van der Waals surface area contributed by atoms with Gasteiger partial charge in [0.1, 0.15) is 5.92 Å². The van der Waals surface area contributed by atoms with Crippen molar-refractivity contribution in [1.82, 2.24) is 4.98 Å². The van der Waals surface area contributed by atoms with Crippen LogP contribution in [0.1, 0.15) is 61.9 Å². The van der Waals surface area contributed by atoms with E-state index in [0.717, 1.165) is 48.5 Å². The normalized spacial score (nSPS) is 28.9. The van der Waals surface area contributed by atoms with Crippen molar-refractivity contribution in [3.63, 3.8) is 0 Å². The van der Waals surface area contributed by atoms with Gasteiger partial charge in [-0.05, 0) is 37.5 Å². The van der Waals surface area contributed by atoms with Crippen molar-refractivity contribution in [2.45, 2.75) is 57.8 Å². The Morgan fingerprint density at radius 2 is 2.14 bits per heavy atom. The van der Waals surface area contributed by atoms with Gasteiger partial charge in [-0.25, -0.2) is 4.98 Å². The molecule has 5 heteroatoms. The van der Waals surface area contributed by atoms with E-state index in [1.54, 1.807) is 11.3 Å². The summed E-state index contributed by atoms with van der Waals surface area (Å²) < 4.78 is 0. The van der Waals surface area contributed by atoms with Gasteiger partial charge in [0.05, 0.1) is 5.69 Å². The number of aromatic nitrogens is 1. The van der Waals surface area contributed by atoms with Gasteiger partial charge in [0.15, 0.2) is 5.13 Å². The van der Waals surface area contributed by atoms with Gasteiger partial charge < -0.3 is 10.4 Å². The van der Waals surface area contributed by atoms with Gasteiger partial charge in [-0.3, -0.25) is 4.79 Å². The second-order valence-corrected chi connectivity index (χ2v) is 7.60. The lowest BCUT2D eigenvalue weighted by Crippen LogP contribution is -2.24. The Labute approximate surface area is 130 Å². The maximum Gasteiger partial charge on any atom is 0.312 e. The van der Waals surface area contributed by atoms with E-state index in [-0.39, 0.29) is 0 Å². The Bertz CT molecular complexity index is 514. The highest BCUT2D eigenvalue weighted by Gasteiger charge is 2.30. The molecular formula is C16H24N2O2S. The fourth-order valence-corrected chi connectivity index (χ4v) is 4.72. The average molecular weight is 308 g/mol. The number of nitrogens with zero attached hydrogens (tertiary/aromatic N) is 1. The van der Waals surface area contributed by atoms with E-state index >= 15 is 0 Å². The molecule has 1 saturated carbocycles. The predicted molar refractivity (Wildman–Crippen MR) is 85.0 cm³/mol. The van der Waals surface area contributed by atoms with E-state index < -0.39 is 11.9 Å². The van der Waals surface area contributed by atoms with E-state index in [1.165, 1.54) is 30.6 Å². The number of rotatable bonds is 4. The van der Waals surface area contributed by atoms with Crippen molar-refractivity contribution >= 4 is 22.4 Å². The Morgan fingerprint density at radius 1 is 1.33 bits per heavy atom. The number of aryl methyl sites for hydroxylation is 1. The minimum absolute atomic E-state index is 0.394. The first-order chi connectivity index (χ1) is 10.1. The SMILES string of the molecule is CC1CCCCC1CNc1nc2c(s1)CCCC2C(=O)O. The maximum atomic E-state index is 11.3. The van der Waals surface area contributed by atoms with Gasteiger partial charge in [0.2, 0.25) is 0 Å². The summed E-state index contributed by atoms with van der Waals surface area (Å²) in [6.07, 6.45) is 8.02. The fraction of sp³-hybridized carbons (Fsp3) is 0.750. The highest BCUT2D eigenvalue weighted by atomic mass is 32.1. The molecule has 0 aliphatic heterocycles. The van der Waals surface area contributed by atoms with Crippen molar-refractivity contribution < 1.29 is 9.90 Å². The number of hydrogen-bond acceptors (Lipinski definition) is 4. The van der Waals surface area contributed by atoms with Crippen LogP contribution in [0.25, 0.3) is 0 Å². The van der Waals surface area contributed by atoms with Crippen LogP contribution in [0.2, 0.25) is 0 Å². The minimum atomic E-state index is -0.728. The Balaban J connectivity index is 1.65. The molecule has 0 aromatic carbocycles. The third-order valence-electron chi connectivity index (χ3n) is 5.06. The molecule has 1 aromatic heterocycles. The van der Waals surface area contributed by atoms with Crippen LogP contribution in [0, 0.1) is 11.8 Å². The lowest BCUT2D eigenvalue weighted by molar-refractivity contribution is -0.139. The maximum absolute atomic E-state index is 11.3. The number of carboxylic acids is 1. The second kappa shape index (κ2) is 6.34. The third-order valence-corrected chi connectivity index (χ3v) is 6.15. The van der Waals surface area contributed by atoms with Crippen molar-refractivity contribution in [3.05, 3.63) is 10.6 Å². The van der Waals surface area contributed by atoms with E-state index in [1.807, 2.05) is 0 Å². The summed E-state index contributed by atoms with van der Waals surface area (Å²) in [6.45, 7) is 3.32. The molecule has 21 heavy (non-hydrogen) atoms. The Hall–Kier alpha value is -1.10. The van der Waals surface area contributed by atoms with Crippen LogP contribution >= 0.6 is 11.3 Å². The first-order valence-corrected chi connectivity index (χ1v) is 8.93. The highest BCUT2D eigenvalue weighted by molar-refractivity contribution is 7.15. The number of thiazole rings is 1. The topological polar surface area (TPSA) is 62.2 Å². The van der Waals surface area contributed by atoms with Crippen LogP contribution in [0.15, 0.2) is 0 Å². The molecule has 1 fully saturated rings. The molecule has 0 bridgehead atoms. The molecule has 2 aliphatic carbocycles. The van der Waals surface area contributed by atoms with Crippen molar-refractivity contribution in [2.75, 3.05) is 11.9 Å². The molecule has 2 aliphatic rings. The predicted octanol–water partition coefficient (Wildman–Crippen LogP) is 3.89. The van der Waals surface area contributed by atoms with Gasteiger partial charge in [0, 0.05) is 11.4 Å². The van der Waals surface area contributed by atoms with E-state index in [4.69, 9.17) is 0 Å². The van der Waals surface area contributed by atoms with Crippen LogP contribution < -0.4 is 5.32 Å². The Kier molecular flexibility index (Phi) is 4.48. The zero-order valence-electron chi connectivity index (χ0n) is 12.6. The zero-order valence-corrected chi connectivity index (χ0v) is 13.4. The third kappa shape index (κ3) is 3.23. The molecule has 3 unspecified atom stereocenters. The number of aliphatic carboxylic acids is 1. The molecule has 0 spiro atoms. The molecule has 2 N–H and O–H groups in total. The van der Waals surface area contributed by atoms with Crippen molar-refractivity contribution in [2.24, 2.45) is 11.8 Å². The number of hydrogen-bond donors (Lipinski definition) is 2. The zero-order chi connectivity index (χ0) is 14.8. The molecule has 1 heterocycles. The van der Waals surface area contributed by atoms with Gasteiger partial charge in [-0.15, -0.1) is 11.3 Å². The number of carbonyl (C=O) groups is 1. The second-order valence-electron chi connectivity index (χ2n) is 6.51. The van der Waals surface area contributed by atoms with Gasteiger partial charge in [0.25, 0.3) is 0 Å². The molecule has 4 nitrogen and oxygen atoms in total. The van der Waals surface area contributed by atoms with Crippen molar-refractivity contribution in [1.29, 1.82) is 0 Å². The first kappa shape index (κ1) is 14.8. The molecule has 1 aromatic rings. The summed E-state index contributed by atoms with van der Waals surface area (Å²) in [5.74, 6) is 0.394. The smallest absolute Gasteiger partial charge is 0.312 e. The van der Waals surface area contributed by atoms with E-state index in [2.05, 4.69) is 17.2 Å². The summed E-state index contributed by atoms with van der Waals surface area (Å²) in [6, 6.07) is 0. The molecule has 3 rings (SSSR count). The van der Waals surface area contributed by atoms with E-state index in [0.29, 0.717) is 0 Å². The van der Waals surface area contributed by atoms with Gasteiger partial charge in [-0.2, -0.15) is 0 Å². The first-order valence-electron chi connectivity index (χ1n) is 8.11. The summed E-state index contributed by atoms with van der Waals surface area (Å²) in [5.41, 5.74) is 0.818. The summed E-state index contributed by atoms with van der Waals surface area (Å²) >= 11 is 1.66. The largest absolute Gasteiger partial charge is 0.481 e. The van der Waals surface area contributed by atoms with Gasteiger partial charge >= 0.3 is 5.97 Å². The average Bonchev–Trinajstić information content (AvgIpc) is 2.88. The van der Waals surface area contributed by atoms with Crippen LogP contribution in [0.3, 0.4) is 0 Å². The standard InChI is InChI=1S/C16H24N2O2S/c1-10-5-2-3-6-11(10)9-17-16-18-14-12(15(19)20)7-4-8-13(14)21-16/h10-12H,2-9H2,1H3,(H,17,18)(H,19,20). The molecular weight excluding hydrogens is 284 g/mol. The summed E-state index contributed by atoms with van der Waals surface area (Å²) in [4.78, 5) is 17.1. The number of fused-ring (bicyclic) bond motifs is 1. The number of nitrogens with one attached hydrogen (secondary N) is 1. The fourth-order valence-electron chi connectivity index (χ4n) is 3.65. The van der Waals surface area contributed by atoms with Crippen LogP contribution in [0.5, 0.6) is 0 Å². The molecule has 116 valence electrons. The van der Waals surface area contributed by atoms with Crippen LogP contribution in [-0.2, 0) is 11.2 Å². The van der Waals surface area contributed by atoms with Gasteiger partial charge in [-0.1, -0.05) is 26.2 Å². The summed E-state index contributed by atoms with van der Waals surface area (Å²) in [5, 5.41) is 13.7. The molecule has 0 saturated heterocycles. The number of carboxylic acid groups (broad SMARTS) is 1. The monoisotopic (exact) mass is 308 g/mol. The molecule has 0 amide bonds. The van der Waals surface area contributed by atoms with Crippen LogP contribution in [0.4, 0.5) is 5.13 Å². The minimum Gasteiger partial charge on any atom is -0.481 e. The van der Waals surface area contributed by atoms with Crippen LogP contribution in [-0.4, -0.2) is 22.6 Å². The van der Waals surface area contributed by atoms with E-state index in [9.17, 15) is 9.90 Å². The Morgan fingerprint density at radius 3 is 2.90 bits per heavy atom. The molecule has 3 atom stereocenters. The van der Waals surface area contributed by atoms with Crippen molar-refractivity contribution in [3.8, 4) is 0 Å². The lowest BCUT2D eigenvalue weighted by atomic mass is 9.80. The number of anilines is 1. The quantitative estimate of drug-likeness (QED) is 0.886. The lowest BCUT2D eigenvalue weighted by Gasteiger charge is -2.28.